The highest BCUT2D eigenvalue weighted by atomic mass is 35.5. The van der Waals surface area contributed by atoms with E-state index >= 15 is 0 Å². The molecule has 1 aromatic carbocycles. The highest BCUT2D eigenvalue weighted by Crippen LogP contribution is 2.64. The maximum absolute atomic E-state index is 13.0. The second-order valence-electron chi connectivity index (χ2n) is 8.31. The van der Waals surface area contributed by atoms with Gasteiger partial charge in [0, 0.05) is 15.5 Å². The number of rotatable bonds is 4. The molecule has 25 heavy (non-hydrogen) atoms. The van der Waals surface area contributed by atoms with Gasteiger partial charge in [0.1, 0.15) is 0 Å². The number of hydrogen-bond acceptors (Lipinski definition) is 3. The highest BCUT2D eigenvalue weighted by molar-refractivity contribution is 6.31. The first kappa shape index (κ1) is 17.4. The predicted octanol–water partition coefficient (Wildman–Crippen LogP) is 5.03. The minimum atomic E-state index is -0.815. The minimum Gasteiger partial charge on any atom is -0.454 e. The molecule has 4 aliphatic carbocycles. The summed E-state index contributed by atoms with van der Waals surface area (Å²) in [5, 5.41) is 0.495. The van der Waals surface area contributed by atoms with Crippen LogP contribution in [0.3, 0.4) is 0 Å². The molecule has 0 aliphatic heterocycles. The highest BCUT2D eigenvalue weighted by Gasteiger charge is 2.61. The predicted molar refractivity (Wildman–Crippen MR) is 97.0 cm³/mol. The molecule has 0 spiro atoms. The van der Waals surface area contributed by atoms with Crippen LogP contribution in [0.15, 0.2) is 24.3 Å². The fourth-order valence-corrected chi connectivity index (χ4v) is 6.49. The molecular weight excluding hydrogens is 359 g/mol. The van der Waals surface area contributed by atoms with Gasteiger partial charge in [-0.1, -0.05) is 23.7 Å². The van der Waals surface area contributed by atoms with E-state index in [1.165, 1.54) is 6.42 Å². The van der Waals surface area contributed by atoms with Crippen LogP contribution in [0.4, 0.5) is 0 Å². The third-order valence-electron chi connectivity index (χ3n) is 6.18. The van der Waals surface area contributed by atoms with Crippen LogP contribution in [0.25, 0.3) is 0 Å². The molecule has 0 radical (unpaired) electrons. The minimum absolute atomic E-state index is 0.221. The van der Waals surface area contributed by atoms with Gasteiger partial charge in [0.05, 0.1) is 5.41 Å². The lowest BCUT2D eigenvalue weighted by atomic mass is 9.49. The molecule has 5 heteroatoms. The van der Waals surface area contributed by atoms with E-state index in [0.717, 1.165) is 25.7 Å². The van der Waals surface area contributed by atoms with Crippen molar-refractivity contribution in [3.63, 3.8) is 0 Å². The molecule has 0 saturated heterocycles. The Kier molecular flexibility index (Phi) is 4.16. The van der Waals surface area contributed by atoms with Gasteiger partial charge in [-0.25, -0.2) is 0 Å². The molecule has 0 N–H and O–H groups in total. The summed E-state index contributed by atoms with van der Waals surface area (Å²) in [6.07, 6.45) is 4.79. The van der Waals surface area contributed by atoms with E-state index in [9.17, 15) is 9.59 Å². The molecule has 4 aliphatic rings. The van der Waals surface area contributed by atoms with E-state index < -0.39 is 11.5 Å². The number of ketones is 1. The Morgan fingerprint density at radius 1 is 1.20 bits per heavy atom. The van der Waals surface area contributed by atoms with E-state index in [1.807, 2.05) is 0 Å². The Morgan fingerprint density at radius 3 is 2.48 bits per heavy atom. The lowest BCUT2D eigenvalue weighted by Gasteiger charge is -2.58. The van der Waals surface area contributed by atoms with Gasteiger partial charge in [0.25, 0.3) is 0 Å². The van der Waals surface area contributed by atoms with Gasteiger partial charge in [-0.2, -0.15) is 0 Å². The summed E-state index contributed by atoms with van der Waals surface area (Å²) in [6, 6.07) is 6.73. The number of Topliss-reactive ketones (excluding diaryl/α,β-unsaturated/α-hetero) is 1. The van der Waals surface area contributed by atoms with Crippen LogP contribution < -0.4 is 0 Å². The lowest BCUT2D eigenvalue weighted by molar-refractivity contribution is -0.172. The van der Waals surface area contributed by atoms with Gasteiger partial charge in [-0.15, -0.1) is 11.6 Å². The van der Waals surface area contributed by atoms with Crippen molar-refractivity contribution in [2.45, 2.75) is 56.4 Å². The molecule has 0 heterocycles. The number of alkyl halides is 1. The summed E-state index contributed by atoms with van der Waals surface area (Å²) in [6.45, 7) is 1.64. The normalized spacial score (nSPS) is 36.9. The van der Waals surface area contributed by atoms with E-state index in [1.54, 1.807) is 31.2 Å². The Hall–Kier alpha value is -1.06. The monoisotopic (exact) mass is 380 g/mol. The molecule has 0 amide bonds. The number of ether oxygens (including phenoxy) is 1. The van der Waals surface area contributed by atoms with E-state index in [4.69, 9.17) is 27.9 Å². The molecule has 3 atom stereocenters. The number of halogens is 2. The Balaban J connectivity index is 1.49. The molecule has 4 bridgehead atoms. The van der Waals surface area contributed by atoms with Crippen LogP contribution in [-0.4, -0.2) is 22.7 Å². The van der Waals surface area contributed by atoms with E-state index in [-0.39, 0.29) is 16.6 Å². The average molecular weight is 381 g/mol. The number of benzene rings is 1. The smallest absolute Gasteiger partial charge is 0.312 e. The quantitative estimate of drug-likeness (QED) is 0.417. The topological polar surface area (TPSA) is 43.4 Å². The van der Waals surface area contributed by atoms with Gasteiger partial charge in [-0.05, 0) is 69.4 Å². The zero-order chi connectivity index (χ0) is 17.8. The number of hydrogen-bond donors (Lipinski definition) is 0. The van der Waals surface area contributed by atoms with Gasteiger partial charge < -0.3 is 4.74 Å². The van der Waals surface area contributed by atoms with Crippen LogP contribution in [0.2, 0.25) is 5.02 Å². The van der Waals surface area contributed by atoms with Gasteiger partial charge in [0.15, 0.2) is 6.10 Å². The van der Waals surface area contributed by atoms with Gasteiger partial charge >= 0.3 is 5.97 Å². The Bertz CT molecular complexity index is 715. The second kappa shape index (κ2) is 5.99. The van der Waals surface area contributed by atoms with Crippen LogP contribution >= 0.6 is 23.2 Å². The summed E-state index contributed by atoms with van der Waals surface area (Å²) in [4.78, 5) is 25.3. The van der Waals surface area contributed by atoms with Crippen molar-refractivity contribution >= 4 is 35.0 Å². The van der Waals surface area contributed by atoms with E-state index in [0.29, 0.717) is 28.8 Å². The zero-order valence-corrected chi connectivity index (χ0v) is 15.8. The SMILES string of the molecule is CC(OC(=O)C12CC3CC(CC(Cl)(C3)C1)C2)C(=O)c1cccc(Cl)c1. The summed E-state index contributed by atoms with van der Waals surface area (Å²) in [5.74, 6) is 0.575. The zero-order valence-electron chi connectivity index (χ0n) is 14.3. The first-order valence-corrected chi connectivity index (χ1v) is 9.74. The largest absolute Gasteiger partial charge is 0.454 e. The first-order valence-electron chi connectivity index (χ1n) is 8.98. The molecular formula is C20H22Cl2O3. The third kappa shape index (κ3) is 3.10. The Labute approximate surface area is 158 Å². The van der Waals surface area contributed by atoms with Crippen LogP contribution in [-0.2, 0) is 9.53 Å². The molecule has 134 valence electrons. The molecule has 3 nitrogen and oxygen atoms in total. The molecule has 4 saturated carbocycles. The van der Waals surface area contributed by atoms with Crippen molar-refractivity contribution in [2.24, 2.45) is 17.3 Å². The van der Waals surface area contributed by atoms with Crippen molar-refractivity contribution in [3.05, 3.63) is 34.9 Å². The van der Waals surface area contributed by atoms with Gasteiger partial charge in [-0.3, -0.25) is 9.59 Å². The van der Waals surface area contributed by atoms with Crippen LogP contribution in [0.5, 0.6) is 0 Å². The summed E-state index contributed by atoms with van der Waals surface area (Å²) in [7, 11) is 0. The fourth-order valence-electron chi connectivity index (χ4n) is 5.61. The maximum Gasteiger partial charge on any atom is 0.312 e. The summed E-state index contributed by atoms with van der Waals surface area (Å²) in [5.41, 5.74) is -0.0264. The summed E-state index contributed by atoms with van der Waals surface area (Å²) < 4.78 is 5.65. The van der Waals surface area contributed by atoms with Crippen molar-refractivity contribution in [2.75, 3.05) is 0 Å². The summed E-state index contributed by atoms with van der Waals surface area (Å²) >= 11 is 12.7. The van der Waals surface area contributed by atoms with Crippen molar-refractivity contribution in [3.8, 4) is 0 Å². The molecule has 1 aromatic rings. The van der Waals surface area contributed by atoms with Crippen molar-refractivity contribution < 1.29 is 14.3 Å². The first-order chi connectivity index (χ1) is 11.8. The van der Waals surface area contributed by atoms with Crippen molar-refractivity contribution in [1.82, 2.24) is 0 Å². The molecule has 5 rings (SSSR count). The third-order valence-corrected chi connectivity index (χ3v) is 6.86. The van der Waals surface area contributed by atoms with E-state index in [2.05, 4.69) is 0 Å². The molecule has 4 fully saturated rings. The Morgan fingerprint density at radius 2 is 1.88 bits per heavy atom. The fraction of sp³-hybridized carbons (Fsp3) is 0.600. The second-order valence-corrected chi connectivity index (χ2v) is 9.55. The standard InChI is InChI=1S/C20H22Cl2O3/c1-12(17(23)15-3-2-4-16(21)6-15)25-18(24)19-7-13-5-14(8-19)10-20(22,9-13)11-19/h2-4,6,12-14H,5,7-11H2,1H3. The molecule has 3 unspecified atom stereocenters. The number of esters is 1. The number of carbonyl (C=O) groups is 2. The molecule has 0 aromatic heterocycles. The van der Waals surface area contributed by atoms with Gasteiger partial charge in [0.2, 0.25) is 5.78 Å². The average Bonchev–Trinajstić information content (AvgIpc) is 2.51. The van der Waals surface area contributed by atoms with Crippen LogP contribution in [0, 0.1) is 17.3 Å². The van der Waals surface area contributed by atoms with Crippen molar-refractivity contribution in [1.29, 1.82) is 0 Å². The number of carbonyl (C=O) groups excluding carboxylic acids is 2. The van der Waals surface area contributed by atoms with Crippen LogP contribution in [0.1, 0.15) is 55.8 Å². The lowest BCUT2D eigenvalue weighted by Crippen LogP contribution is -2.56. The maximum atomic E-state index is 13.0.